The van der Waals surface area contributed by atoms with E-state index in [2.05, 4.69) is 20.8 Å². The van der Waals surface area contributed by atoms with Gasteiger partial charge in [0.25, 0.3) is 5.91 Å². The van der Waals surface area contributed by atoms with E-state index >= 15 is 4.39 Å². The summed E-state index contributed by atoms with van der Waals surface area (Å²) >= 11 is 0. The lowest BCUT2D eigenvalue weighted by Crippen LogP contribution is -2.26. The lowest BCUT2D eigenvalue weighted by molar-refractivity contribution is -0.141. The van der Waals surface area contributed by atoms with E-state index in [1.807, 2.05) is 24.4 Å². The van der Waals surface area contributed by atoms with Gasteiger partial charge in [-0.15, -0.1) is 0 Å². The number of anilines is 1. The summed E-state index contributed by atoms with van der Waals surface area (Å²) in [4.78, 5) is 28.7. The Balaban J connectivity index is 1.53. The lowest BCUT2D eigenvalue weighted by Gasteiger charge is -2.17. The number of carbonyl (C=O) groups is 2. The maximum Gasteiger partial charge on any atom is 0.302 e. The van der Waals surface area contributed by atoms with Crippen molar-refractivity contribution in [3.63, 3.8) is 0 Å². The number of allylic oxidation sites excluding steroid dienone is 3. The molecule has 0 atom stereocenters. The highest BCUT2D eigenvalue weighted by molar-refractivity contribution is 6.07. The molecule has 3 aromatic rings. The number of hydrogen-bond donors (Lipinski definition) is 2. The molecule has 0 saturated heterocycles. The number of methoxy groups -OCH3 is 1. The van der Waals surface area contributed by atoms with Crippen molar-refractivity contribution in [1.29, 1.82) is 0 Å². The highest BCUT2D eigenvalue weighted by Gasteiger charge is 2.26. The van der Waals surface area contributed by atoms with E-state index in [1.165, 1.54) is 24.8 Å². The van der Waals surface area contributed by atoms with Gasteiger partial charge in [-0.1, -0.05) is 6.08 Å². The summed E-state index contributed by atoms with van der Waals surface area (Å²) in [5.74, 6) is -0.634. The van der Waals surface area contributed by atoms with Gasteiger partial charge in [-0.05, 0) is 42.5 Å². The van der Waals surface area contributed by atoms with Crippen molar-refractivity contribution in [2.75, 3.05) is 25.6 Å². The maximum atomic E-state index is 15.4. The molecule has 2 aromatic heterocycles. The van der Waals surface area contributed by atoms with E-state index in [-0.39, 0.29) is 24.7 Å². The molecule has 5 rings (SSSR count). The standard InChI is InChI=1S/C25H23FN6O4/c1-15(33)36-12-11-32-24-18(23(30-32)29-25(34)16-6-8-17(35-2)9-7-16)13-20(26)22(28-24)19-14-27-31-10-4-3-5-21(19)31/h3-10,13,27H,11-12,14H2,1-2H3,(H,29,30,34). The van der Waals surface area contributed by atoms with Crippen molar-refractivity contribution < 1.29 is 23.5 Å². The van der Waals surface area contributed by atoms with Gasteiger partial charge in [-0.3, -0.25) is 14.6 Å². The predicted octanol–water partition coefficient (Wildman–Crippen LogP) is 3.01. The topological polar surface area (TPSA) is 111 Å². The summed E-state index contributed by atoms with van der Waals surface area (Å²) < 4.78 is 27.1. The molecular weight excluding hydrogens is 467 g/mol. The van der Waals surface area contributed by atoms with Crippen LogP contribution in [0.25, 0.3) is 16.6 Å². The molecule has 1 aromatic carbocycles. The van der Waals surface area contributed by atoms with Crippen LogP contribution in [-0.4, -0.2) is 51.9 Å². The van der Waals surface area contributed by atoms with E-state index < -0.39 is 17.7 Å². The van der Waals surface area contributed by atoms with Crippen LogP contribution in [0.2, 0.25) is 0 Å². The Morgan fingerprint density at radius 2 is 2.03 bits per heavy atom. The van der Waals surface area contributed by atoms with Crippen LogP contribution in [-0.2, 0) is 16.1 Å². The number of hydrazine groups is 1. The van der Waals surface area contributed by atoms with Gasteiger partial charge < -0.3 is 14.8 Å². The summed E-state index contributed by atoms with van der Waals surface area (Å²) in [5, 5.41) is 9.32. The Morgan fingerprint density at radius 3 is 2.78 bits per heavy atom. The normalized spacial score (nSPS) is 14.4. The zero-order valence-corrected chi connectivity index (χ0v) is 19.6. The van der Waals surface area contributed by atoms with Gasteiger partial charge in [0.1, 0.15) is 23.9 Å². The number of benzene rings is 1. The lowest BCUT2D eigenvalue weighted by atomic mass is 10.1. The molecule has 2 aliphatic heterocycles. The van der Waals surface area contributed by atoms with Gasteiger partial charge in [0.05, 0.1) is 24.7 Å². The first-order valence-corrected chi connectivity index (χ1v) is 11.2. The average Bonchev–Trinajstić information content (AvgIpc) is 3.44. The molecule has 11 heteroatoms. The maximum absolute atomic E-state index is 15.4. The van der Waals surface area contributed by atoms with Crippen molar-refractivity contribution in [3.8, 4) is 5.75 Å². The second-order valence-corrected chi connectivity index (χ2v) is 8.05. The van der Waals surface area contributed by atoms with E-state index in [0.29, 0.717) is 34.5 Å². The van der Waals surface area contributed by atoms with Gasteiger partial charge in [0, 0.05) is 30.8 Å². The highest BCUT2D eigenvalue weighted by Crippen LogP contribution is 2.32. The van der Waals surface area contributed by atoms with Crippen LogP contribution >= 0.6 is 0 Å². The van der Waals surface area contributed by atoms with E-state index in [9.17, 15) is 9.59 Å². The molecule has 0 radical (unpaired) electrons. The van der Waals surface area contributed by atoms with E-state index in [1.54, 1.807) is 29.3 Å². The van der Waals surface area contributed by atoms with Gasteiger partial charge >= 0.3 is 5.97 Å². The van der Waals surface area contributed by atoms with Gasteiger partial charge in [0.15, 0.2) is 11.5 Å². The van der Waals surface area contributed by atoms with Crippen molar-refractivity contribution in [2.24, 2.45) is 0 Å². The van der Waals surface area contributed by atoms with Crippen LogP contribution in [0.3, 0.4) is 0 Å². The van der Waals surface area contributed by atoms with Gasteiger partial charge in [-0.2, -0.15) is 5.10 Å². The fraction of sp³-hybridized carbons (Fsp3) is 0.200. The number of carbonyl (C=O) groups excluding carboxylic acids is 2. The molecule has 0 bridgehead atoms. The molecule has 0 aliphatic carbocycles. The molecule has 10 nitrogen and oxygen atoms in total. The smallest absolute Gasteiger partial charge is 0.302 e. The highest BCUT2D eigenvalue weighted by atomic mass is 19.1. The molecular formula is C25H23FN6O4. The SMILES string of the molecule is COc1ccc(C(=O)Nc2nn(CCOC(C)=O)c3nc(C4=C5C=CC=CN5NC4)c(F)cc23)cc1. The third-order valence-corrected chi connectivity index (χ3v) is 5.75. The first kappa shape index (κ1) is 23.2. The molecule has 0 saturated carbocycles. The zero-order valence-electron chi connectivity index (χ0n) is 19.6. The minimum atomic E-state index is -0.545. The van der Waals surface area contributed by atoms with Gasteiger partial charge in [0.2, 0.25) is 0 Å². The first-order chi connectivity index (χ1) is 17.4. The molecule has 36 heavy (non-hydrogen) atoms. The quantitative estimate of drug-likeness (QED) is 0.487. The molecule has 0 unspecified atom stereocenters. The molecule has 4 heterocycles. The second kappa shape index (κ2) is 9.62. The summed E-state index contributed by atoms with van der Waals surface area (Å²) in [5.41, 5.74) is 5.56. The van der Waals surface area contributed by atoms with Crippen LogP contribution in [0, 0.1) is 5.82 Å². The van der Waals surface area contributed by atoms with E-state index in [0.717, 1.165) is 5.70 Å². The fourth-order valence-corrected chi connectivity index (χ4v) is 4.02. The first-order valence-electron chi connectivity index (χ1n) is 11.2. The average molecular weight is 490 g/mol. The second-order valence-electron chi connectivity index (χ2n) is 8.05. The summed E-state index contributed by atoms with van der Waals surface area (Å²) in [6.07, 6.45) is 7.45. The molecule has 1 amide bonds. The predicted molar refractivity (Wildman–Crippen MR) is 130 cm³/mol. The number of rotatable bonds is 7. The van der Waals surface area contributed by atoms with Crippen molar-refractivity contribution in [1.82, 2.24) is 25.2 Å². The zero-order chi connectivity index (χ0) is 25.2. The number of pyridine rings is 1. The number of ether oxygens (including phenoxy) is 2. The third kappa shape index (κ3) is 4.43. The largest absolute Gasteiger partial charge is 0.497 e. The third-order valence-electron chi connectivity index (χ3n) is 5.75. The number of nitrogens with one attached hydrogen (secondary N) is 2. The van der Waals surface area contributed by atoms with Crippen LogP contribution in [0.1, 0.15) is 23.0 Å². The number of amides is 1. The number of nitrogens with zero attached hydrogens (tertiary/aromatic N) is 4. The number of esters is 1. The molecule has 2 N–H and O–H groups in total. The molecule has 0 fully saturated rings. The summed E-state index contributed by atoms with van der Waals surface area (Å²) in [6, 6.07) is 7.88. The molecule has 0 spiro atoms. The Labute approximate surface area is 205 Å². The Bertz CT molecular complexity index is 1440. The minimum Gasteiger partial charge on any atom is -0.497 e. The Morgan fingerprint density at radius 1 is 1.22 bits per heavy atom. The van der Waals surface area contributed by atoms with Crippen molar-refractivity contribution >= 4 is 34.3 Å². The summed E-state index contributed by atoms with van der Waals surface area (Å²) in [6.45, 7) is 1.92. The minimum absolute atomic E-state index is 0.0448. The van der Waals surface area contributed by atoms with Crippen LogP contribution < -0.4 is 15.5 Å². The van der Waals surface area contributed by atoms with Crippen LogP contribution in [0.5, 0.6) is 5.75 Å². The monoisotopic (exact) mass is 490 g/mol. The van der Waals surface area contributed by atoms with Crippen molar-refractivity contribution in [2.45, 2.75) is 13.5 Å². The Kier molecular flexibility index (Phi) is 6.21. The molecule has 2 aliphatic rings. The number of hydrogen-bond acceptors (Lipinski definition) is 8. The van der Waals surface area contributed by atoms with E-state index in [4.69, 9.17) is 9.47 Å². The van der Waals surface area contributed by atoms with Crippen LogP contribution in [0.15, 0.2) is 60.5 Å². The molecule has 184 valence electrons. The number of aromatic nitrogens is 3. The van der Waals surface area contributed by atoms with Gasteiger partial charge in [-0.25, -0.2) is 19.5 Å². The fourth-order valence-electron chi connectivity index (χ4n) is 4.02. The summed E-state index contributed by atoms with van der Waals surface area (Å²) in [7, 11) is 1.54. The number of fused-ring (bicyclic) bond motifs is 2. The van der Waals surface area contributed by atoms with Crippen molar-refractivity contribution in [3.05, 3.63) is 77.5 Å². The Hall–Kier alpha value is -4.51. The van der Waals surface area contributed by atoms with Crippen LogP contribution in [0.4, 0.5) is 10.2 Å². The number of halogens is 1.